The molecule has 1 aliphatic rings. The van der Waals surface area contributed by atoms with Crippen LogP contribution in [0.4, 0.5) is 5.69 Å². The molecular weight excluding hydrogens is 372 g/mol. The van der Waals surface area contributed by atoms with Gasteiger partial charge in [0.2, 0.25) is 0 Å². The van der Waals surface area contributed by atoms with Crippen molar-refractivity contribution in [3.8, 4) is 17.2 Å². The molecule has 7 nitrogen and oxygen atoms in total. The van der Waals surface area contributed by atoms with Crippen LogP contribution in [0.5, 0.6) is 17.2 Å². The Labute approximate surface area is 171 Å². The summed E-state index contributed by atoms with van der Waals surface area (Å²) in [5, 5.41) is 23.5. The van der Waals surface area contributed by atoms with Crippen LogP contribution in [0, 0.1) is 0 Å². The van der Waals surface area contributed by atoms with Crippen LogP contribution in [0.25, 0.3) is 0 Å². The van der Waals surface area contributed by atoms with Crippen LogP contribution in [-0.4, -0.2) is 61.0 Å². The van der Waals surface area contributed by atoms with Gasteiger partial charge >= 0.3 is 0 Å². The highest BCUT2D eigenvalue weighted by atomic mass is 16.5. The van der Waals surface area contributed by atoms with Gasteiger partial charge in [0.15, 0.2) is 6.61 Å². The third-order valence-electron chi connectivity index (χ3n) is 4.99. The second-order valence-corrected chi connectivity index (χ2v) is 7.93. The zero-order valence-corrected chi connectivity index (χ0v) is 17.1. The second-order valence-electron chi connectivity index (χ2n) is 7.93. The average molecular weight is 401 g/mol. The number of benzene rings is 2. The fraction of sp³-hybridized carbons (Fsp3) is 0.409. The van der Waals surface area contributed by atoms with E-state index in [0.717, 1.165) is 18.7 Å². The molecule has 0 fully saturated rings. The van der Waals surface area contributed by atoms with E-state index >= 15 is 0 Å². The van der Waals surface area contributed by atoms with Crippen LogP contribution in [-0.2, 0) is 11.2 Å². The minimum atomic E-state index is -0.846. The number of quaternary nitrogens is 1. The van der Waals surface area contributed by atoms with Gasteiger partial charge in [0, 0.05) is 18.1 Å². The first kappa shape index (κ1) is 21.0. The number of ether oxygens (including phenoxy) is 2. The topological polar surface area (TPSA) is 88.0 Å². The summed E-state index contributed by atoms with van der Waals surface area (Å²) in [7, 11) is 4.10. The lowest BCUT2D eigenvalue weighted by molar-refractivity contribution is -0.893. The monoisotopic (exact) mass is 401 g/mol. The van der Waals surface area contributed by atoms with E-state index in [9.17, 15) is 15.0 Å². The summed E-state index contributed by atoms with van der Waals surface area (Å²) in [6, 6.07) is 11.0. The molecule has 0 aromatic heterocycles. The number of aliphatic hydroxyl groups is 1. The van der Waals surface area contributed by atoms with Gasteiger partial charge in [-0.15, -0.1) is 0 Å². The molecule has 3 rings (SSSR count). The summed E-state index contributed by atoms with van der Waals surface area (Å²) in [6.45, 7) is 3.76. The number of anilines is 1. The Morgan fingerprint density at radius 2 is 1.97 bits per heavy atom. The number of likely N-dealkylation sites (N-methyl/N-ethyl adjacent to an activating group) is 1. The minimum absolute atomic E-state index is 0.0247. The Balaban J connectivity index is 1.66. The summed E-state index contributed by atoms with van der Waals surface area (Å²) in [5.74, 6) is 0.973. The van der Waals surface area contributed by atoms with Gasteiger partial charge in [-0.2, -0.15) is 0 Å². The van der Waals surface area contributed by atoms with Crippen LogP contribution in [0.1, 0.15) is 24.2 Å². The van der Waals surface area contributed by atoms with Crippen LogP contribution >= 0.6 is 0 Å². The summed E-state index contributed by atoms with van der Waals surface area (Å²) in [6.07, 6.45) is 0.0118. The predicted molar refractivity (Wildman–Crippen MR) is 110 cm³/mol. The third kappa shape index (κ3) is 5.40. The molecule has 0 spiro atoms. The van der Waals surface area contributed by atoms with E-state index < -0.39 is 6.10 Å². The number of phenols is 1. The first-order chi connectivity index (χ1) is 13.8. The summed E-state index contributed by atoms with van der Waals surface area (Å²) >= 11 is 0. The molecule has 1 amide bonds. The summed E-state index contributed by atoms with van der Waals surface area (Å²) in [5.41, 5.74) is 2.07. The van der Waals surface area contributed by atoms with E-state index in [1.807, 2.05) is 19.1 Å². The van der Waals surface area contributed by atoms with E-state index in [4.69, 9.17) is 9.47 Å². The van der Waals surface area contributed by atoms with Gasteiger partial charge in [0.1, 0.15) is 29.9 Å². The minimum Gasteiger partial charge on any atom is -0.508 e. The molecular formula is C22H29N2O5+. The van der Waals surface area contributed by atoms with Crippen LogP contribution in [0.3, 0.4) is 0 Å². The number of nitrogens with one attached hydrogen (secondary N) is 1. The fourth-order valence-corrected chi connectivity index (χ4v) is 3.47. The molecule has 2 aromatic rings. The zero-order chi connectivity index (χ0) is 21.0. The highest BCUT2D eigenvalue weighted by Gasteiger charge is 2.28. The molecule has 156 valence electrons. The number of aromatic hydroxyl groups is 1. The maximum atomic E-state index is 11.5. The number of fused-ring (bicyclic) bond motifs is 1. The Morgan fingerprint density at radius 1 is 1.24 bits per heavy atom. The van der Waals surface area contributed by atoms with Crippen molar-refractivity contribution in [1.82, 2.24) is 0 Å². The second kappa shape index (κ2) is 8.71. The van der Waals surface area contributed by atoms with Crippen molar-refractivity contribution in [1.29, 1.82) is 0 Å². The molecule has 0 radical (unpaired) electrons. The quantitative estimate of drug-likeness (QED) is 0.592. The van der Waals surface area contributed by atoms with Crippen LogP contribution < -0.4 is 14.8 Å². The average Bonchev–Trinajstić information content (AvgIpc) is 2.66. The Morgan fingerprint density at radius 3 is 2.66 bits per heavy atom. The number of rotatable bonds is 8. The van der Waals surface area contributed by atoms with Gasteiger partial charge in [-0.1, -0.05) is 12.1 Å². The SMILES string of the molecule is CCOc1ccc(CC[N+](C)(C)CC(O)c2cc(O)cc3c2OCC(=O)N3)cc1. The first-order valence-electron chi connectivity index (χ1n) is 9.79. The van der Waals surface area contributed by atoms with Crippen molar-refractivity contribution in [2.45, 2.75) is 19.4 Å². The maximum absolute atomic E-state index is 11.5. The predicted octanol–water partition coefficient (Wildman–Crippen LogP) is 2.47. The van der Waals surface area contributed by atoms with Gasteiger partial charge in [0.05, 0.1) is 32.9 Å². The number of carbonyl (C=O) groups excluding carboxylic acids is 1. The Kier molecular flexibility index (Phi) is 6.30. The van der Waals surface area contributed by atoms with E-state index in [1.165, 1.54) is 17.7 Å². The maximum Gasteiger partial charge on any atom is 0.262 e. The van der Waals surface area contributed by atoms with Crippen molar-refractivity contribution in [2.24, 2.45) is 0 Å². The number of carbonyl (C=O) groups is 1. The number of hydrogen-bond donors (Lipinski definition) is 3. The number of nitrogens with zero attached hydrogens (tertiary/aromatic N) is 1. The van der Waals surface area contributed by atoms with Gasteiger partial charge in [-0.25, -0.2) is 0 Å². The van der Waals surface area contributed by atoms with Gasteiger partial charge in [0.25, 0.3) is 5.91 Å². The van der Waals surface area contributed by atoms with Crippen molar-refractivity contribution in [3.05, 3.63) is 47.5 Å². The summed E-state index contributed by atoms with van der Waals surface area (Å²) < 4.78 is 11.6. The lowest BCUT2D eigenvalue weighted by Crippen LogP contribution is -2.44. The van der Waals surface area contributed by atoms with E-state index in [1.54, 1.807) is 0 Å². The van der Waals surface area contributed by atoms with Gasteiger partial charge in [-0.05, 0) is 30.7 Å². The normalized spacial score (nSPS) is 14.6. The van der Waals surface area contributed by atoms with Gasteiger partial charge < -0.3 is 29.5 Å². The number of hydrogen-bond acceptors (Lipinski definition) is 5. The molecule has 0 saturated heterocycles. The number of phenolic OH excluding ortho intramolecular Hbond substituents is 1. The Bertz CT molecular complexity index is 864. The fourth-order valence-electron chi connectivity index (χ4n) is 3.47. The molecule has 0 bridgehead atoms. The lowest BCUT2D eigenvalue weighted by Gasteiger charge is -2.33. The molecule has 29 heavy (non-hydrogen) atoms. The molecule has 0 aliphatic carbocycles. The number of aliphatic hydroxyl groups excluding tert-OH is 1. The van der Waals surface area contributed by atoms with Crippen LogP contribution in [0.2, 0.25) is 0 Å². The standard InChI is InChI=1S/C22H28N2O5/c1-4-28-17-7-5-15(6-8-17)9-10-24(2,3)13-20(26)18-11-16(25)12-19-22(18)29-14-21(27)23-19/h5-8,11-12,20,26H,4,9-10,13-14H2,1-3H3,(H-,23,25,27)/p+1. The van der Waals surface area contributed by atoms with Crippen molar-refractivity contribution in [2.75, 3.05) is 45.7 Å². The molecule has 3 N–H and O–H groups in total. The zero-order valence-electron chi connectivity index (χ0n) is 17.1. The third-order valence-corrected chi connectivity index (χ3v) is 4.99. The molecule has 1 unspecified atom stereocenters. The van der Waals surface area contributed by atoms with Crippen LogP contribution in [0.15, 0.2) is 36.4 Å². The first-order valence-corrected chi connectivity index (χ1v) is 9.79. The number of amides is 1. The van der Waals surface area contributed by atoms with E-state index in [-0.39, 0.29) is 18.3 Å². The highest BCUT2D eigenvalue weighted by Crippen LogP contribution is 2.39. The summed E-state index contributed by atoms with van der Waals surface area (Å²) in [4.78, 5) is 11.5. The molecule has 1 heterocycles. The van der Waals surface area contributed by atoms with Gasteiger partial charge in [-0.3, -0.25) is 4.79 Å². The van der Waals surface area contributed by atoms with E-state index in [2.05, 4.69) is 31.5 Å². The molecule has 1 atom stereocenters. The largest absolute Gasteiger partial charge is 0.508 e. The Hall–Kier alpha value is -2.77. The van der Waals surface area contributed by atoms with E-state index in [0.29, 0.717) is 34.6 Å². The van der Waals surface area contributed by atoms with Crippen molar-refractivity contribution >= 4 is 11.6 Å². The molecule has 2 aromatic carbocycles. The molecule has 1 aliphatic heterocycles. The van der Waals surface area contributed by atoms with Crippen molar-refractivity contribution in [3.63, 3.8) is 0 Å². The smallest absolute Gasteiger partial charge is 0.262 e. The molecule has 7 heteroatoms. The van der Waals surface area contributed by atoms with Crippen molar-refractivity contribution < 1.29 is 29.0 Å². The lowest BCUT2D eigenvalue weighted by atomic mass is 10.0. The highest BCUT2D eigenvalue weighted by molar-refractivity contribution is 5.96. The molecule has 0 saturated carbocycles.